The van der Waals surface area contributed by atoms with Gasteiger partial charge in [-0.15, -0.1) is 6.58 Å². The van der Waals surface area contributed by atoms with Gasteiger partial charge in [0.1, 0.15) is 5.75 Å². The minimum atomic E-state index is -0.364. The quantitative estimate of drug-likeness (QED) is 0.256. The minimum Gasteiger partial charge on any atom is -0.497 e. The maximum absolute atomic E-state index is 12.2. The molecule has 0 amide bonds. The number of esters is 1. The largest absolute Gasteiger partial charge is 0.497 e. The first-order valence-corrected chi connectivity index (χ1v) is 11.1. The number of ether oxygens (including phenoxy) is 2. The predicted molar refractivity (Wildman–Crippen MR) is 127 cm³/mol. The van der Waals surface area contributed by atoms with Crippen molar-refractivity contribution < 1.29 is 19.1 Å². The van der Waals surface area contributed by atoms with Crippen molar-refractivity contribution in [1.82, 2.24) is 4.57 Å². The Balaban J connectivity index is 2.07. The Labute approximate surface area is 188 Å². The van der Waals surface area contributed by atoms with E-state index in [1.807, 2.05) is 36.4 Å². The zero-order chi connectivity index (χ0) is 22.7. The number of hydrogen-bond acceptors (Lipinski definition) is 4. The molecule has 0 unspecified atom stereocenters. The lowest BCUT2D eigenvalue weighted by atomic mass is 9.81. The highest BCUT2D eigenvalue weighted by Gasteiger charge is 2.28. The van der Waals surface area contributed by atoms with Crippen LogP contribution in [0.4, 0.5) is 0 Å². The first-order chi connectivity index (χ1) is 15.6. The van der Waals surface area contributed by atoms with Crippen molar-refractivity contribution in [3.05, 3.63) is 65.7 Å². The number of aldehydes is 1. The van der Waals surface area contributed by atoms with Crippen molar-refractivity contribution in [2.24, 2.45) is 0 Å². The average molecular weight is 432 g/mol. The van der Waals surface area contributed by atoms with Crippen molar-refractivity contribution in [3.63, 3.8) is 0 Å². The van der Waals surface area contributed by atoms with Crippen molar-refractivity contribution in [2.75, 3.05) is 14.2 Å². The Morgan fingerprint density at radius 3 is 2.56 bits per heavy atom. The van der Waals surface area contributed by atoms with Crippen molar-refractivity contribution in [3.8, 4) is 17.0 Å². The summed E-state index contributed by atoms with van der Waals surface area (Å²) in [5, 5.41) is 1.12. The fourth-order valence-electron chi connectivity index (χ4n) is 5.02. The molecule has 166 valence electrons. The Morgan fingerprint density at radius 1 is 1.12 bits per heavy atom. The molecule has 0 atom stereocenters. The molecule has 0 radical (unpaired) electrons. The third kappa shape index (κ3) is 3.83. The monoisotopic (exact) mass is 431 g/mol. The van der Waals surface area contributed by atoms with Crippen molar-refractivity contribution in [2.45, 2.75) is 44.6 Å². The number of nitrogens with zero attached hydrogens (tertiary/aromatic N) is 1. The molecule has 1 saturated carbocycles. The first kappa shape index (κ1) is 21.9. The second-order valence-corrected chi connectivity index (χ2v) is 8.29. The van der Waals surface area contributed by atoms with Gasteiger partial charge in [-0.25, -0.2) is 4.79 Å². The van der Waals surface area contributed by atoms with E-state index < -0.39 is 0 Å². The highest BCUT2D eigenvalue weighted by molar-refractivity contribution is 6.00. The zero-order valence-corrected chi connectivity index (χ0v) is 18.7. The number of benzene rings is 2. The minimum absolute atomic E-state index is 0.364. The second-order valence-electron chi connectivity index (χ2n) is 8.29. The van der Waals surface area contributed by atoms with Gasteiger partial charge < -0.3 is 14.0 Å². The summed E-state index contributed by atoms with van der Waals surface area (Å²) in [5.74, 6) is 0.685. The highest BCUT2D eigenvalue weighted by Crippen LogP contribution is 2.45. The summed E-state index contributed by atoms with van der Waals surface area (Å²) in [6.07, 6.45) is 8.62. The topological polar surface area (TPSA) is 57.5 Å². The van der Waals surface area contributed by atoms with Crippen LogP contribution in [0.15, 0.2) is 49.1 Å². The van der Waals surface area contributed by atoms with Gasteiger partial charge in [0, 0.05) is 28.6 Å². The van der Waals surface area contributed by atoms with Crippen molar-refractivity contribution >= 4 is 23.2 Å². The Hall–Kier alpha value is -3.34. The number of allylic oxidation sites excluding steroid dienone is 1. The molecule has 1 aliphatic carbocycles. The molecule has 0 aliphatic heterocycles. The highest BCUT2D eigenvalue weighted by atomic mass is 16.5. The van der Waals surface area contributed by atoms with Gasteiger partial charge in [-0.1, -0.05) is 31.4 Å². The molecule has 0 N–H and O–H groups in total. The number of methoxy groups -OCH3 is 2. The number of carbonyl (C=O) groups is 2. The van der Waals surface area contributed by atoms with Crippen LogP contribution in [0.2, 0.25) is 0 Å². The van der Waals surface area contributed by atoms with Crippen LogP contribution >= 0.6 is 0 Å². The van der Waals surface area contributed by atoms with Gasteiger partial charge in [0.15, 0.2) is 6.29 Å². The fourth-order valence-corrected chi connectivity index (χ4v) is 5.02. The van der Waals surface area contributed by atoms with E-state index >= 15 is 0 Å². The normalized spacial score (nSPS) is 14.3. The predicted octanol–water partition coefficient (Wildman–Crippen LogP) is 6.15. The lowest BCUT2D eigenvalue weighted by Gasteiger charge is -2.24. The summed E-state index contributed by atoms with van der Waals surface area (Å²) in [5.41, 5.74) is 5.21. The molecule has 0 saturated heterocycles. The van der Waals surface area contributed by atoms with E-state index in [1.54, 1.807) is 13.2 Å². The van der Waals surface area contributed by atoms with Gasteiger partial charge in [-0.05, 0) is 54.7 Å². The van der Waals surface area contributed by atoms with Gasteiger partial charge in [0.05, 0.1) is 25.5 Å². The number of carbonyl (C=O) groups excluding carboxylic acids is 2. The van der Waals surface area contributed by atoms with Gasteiger partial charge in [-0.3, -0.25) is 4.79 Å². The number of aromatic nitrogens is 1. The number of rotatable bonds is 7. The molecule has 0 bridgehead atoms. The van der Waals surface area contributed by atoms with Gasteiger partial charge in [0.2, 0.25) is 0 Å². The summed E-state index contributed by atoms with van der Waals surface area (Å²) >= 11 is 0. The molecule has 2 aromatic carbocycles. The smallest absolute Gasteiger partial charge is 0.337 e. The van der Waals surface area contributed by atoms with Gasteiger partial charge >= 0.3 is 5.97 Å². The van der Waals surface area contributed by atoms with Crippen LogP contribution < -0.4 is 4.74 Å². The standard InChI is InChI=1S/C27H29NO4/c1-4-14-28-24-16-19(27(30)32-3)10-12-23(24)25(18-8-6-5-7-9-18)26(28)22-13-11-21(31-2)15-20(22)17-29/h4,10-13,15-18H,1,5-9,14H2,2-3H3. The summed E-state index contributed by atoms with van der Waals surface area (Å²) in [6.45, 7) is 4.52. The maximum Gasteiger partial charge on any atom is 0.337 e. The number of fused-ring (bicyclic) bond motifs is 1. The summed E-state index contributed by atoms with van der Waals surface area (Å²) < 4.78 is 12.5. The van der Waals surface area contributed by atoms with Gasteiger partial charge in [0.25, 0.3) is 0 Å². The van der Waals surface area contributed by atoms with E-state index in [4.69, 9.17) is 9.47 Å². The average Bonchev–Trinajstić information content (AvgIpc) is 3.17. The molecular weight excluding hydrogens is 402 g/mol. The summed E-state index contributed by atoms with van der Waals surface area (Å²) in [7, 11) is 2.99. The molecule has 5 nitrogen and oxygen atoms in total. The summed E-state index contributed by atoms with van der Waals surface area (Å²) in [4.78, 5) is 24.3. The van der Waals surface area contributed by atoms with E-state index in [0.29, 0.717) is 29.3 Å². The van der Waals surface area contributed by atoms with E-state index in [9.17, 15) is 9.59 Å². The van der Waals surface area contributed by atoms with Crippen LogP contribution in [0, 0.1) is 0 Å². The van der Waals surface area contributed by atoms with Crippen LogP contribution in [0.1, 0.15) is 64.3 Å². The van der Waals surface area contributed by atoms with Crippen molar-refractivity contribution in [1.29, 1.82) is 0 Å². The fraction of sp³-hybridized carbons (Fsp3) is 0.333. The SMILES string of the molecule is C=CCn1c(-c2ccc(OC)cc2C=O)c(C2CCCCC2)c2ccc(C(=O)OC)cc21. The van der Waals surface area contributed by atoms with E-state index in [2.05, 4.69) is 11.1 Å². The molecule has 5 heteroatoms. The Bertz CT molecular complexity index is 1170. The maximum atomic E-state index is 12.2. The molecule has 0 spiro atoms. The molecular formula is C27H29NO4. The lowest BCUT2D eigenvalue weighted by Crippen LogP contribution is -2.08. The Morgan fingerprint density at radius 2 is 1.91 bits per heavy atom. The molecule has 3 aromatic rings. The van der Waals surface area contributed by atoms with Gasteiger partial charge in [-0.2, -0.15) is 0 Å². The molecule has 4 rings (SSSR count). The van der Waals surface area contributed by atoms with Crippen LogP contribution in [-0.2, 0) is 11.3 Å². The second kappa shape index (κ2) is 9.43. The third-order valence-corrected chi connectivity index (χ3v) is 6.49. The Kier molecular flexibility index (Phi) is 6.45. The van der Waals surface area contributed by atoms with E-state index in [-0.39, 0.29) is 5.97 Å². The molecule has 1 fully saturated rings. The van der Waals surface area contributed by atoms with Crippen LogP contribution in [0.5, 0.6) is 5.75 Å². The molecule has 1 aromatic heterocycles. The lowest BCUT2D eigenvalue weighted by molar-refractivity contribution is 0.0600. The molecule has 1 heterocycles. The van der Waals surface area contributed by atoms with Crippen LogP contribution in [0.3, 0.4) is 0 Å². The van der Waals surface area contributed by atoms with Crippen LogP contribution in [-0.4, -0.2) is 31.0 Å². The molecule has 1 aliphatic rings. The number of hydrogen-bond donors (Lipinski definition) is 0. The first-order valence-electron chi connectivity index (χ1n) is 11.1. The molecule has 32 heavy (non-hydrogen) atoms. The third-order valence-electron chi connectivity index (χ3n) is 6.49. The van der Waals surface area contributed by atoms with E-state index in [0.717, 1.165) is 41.3 Å². The summed E-state index contributed by atoms with van der Waals surface area (Å²) in [6, 6.07) is 11.4. The van der Waals surface area contributed by atoms with Crippen LogP contribution in [0.25, 0.3) is 22.2 Å². The van der Waals surface area contributed by atoms with E-state index in [1.165, 1.54) is 31.9 Å². The zero-order valence-electron chi connectivity index (χ0n) is 18.7.